The van der Waals surface area contributed by atoms with Gasteiger partial charge in [-0.25, -0.2) is 0 Å². The van der Waals surface area contributed by atoms with Crippen LogP contribution in [0.5, 0.6) is 0 Å². The van der Waals surface area contributed by atoms with Gasteiger partial charge in [0, 0.05) is 56.0 Å². The van der Waals surface area contributed by atoms with Crippen LogP contribution in [0.25, 0.3) is 11.4 Å². The number of likely N-dealkylation sites (N-methyl/N-ethyl adjacent to an activating group) is 1. The maximum atomic E-state index is 12.3. The average molecular weight is 420 g/mol. The van der Waals surface area contributed by atoms with Gasteiger partial charge in [-0.2, -0.15) is 4.98 Å². The number of aromatic nitrogens is 2. The van der Waals surface area contributed by atoms with Crippen LogP contribution in [0.4, 0.5) is 11.4 Å². The van der Waals surface area contributed by atoms with Gasteiger partial charge >= 0.3 is 0 Å². The molecule has 1 N–H and O–H groups in total. The molecule has 1 aliphatic heterocycles. The lowest BCUT2D eigenvalue weighted by Gasteiger charge is -2.34. The fourth-order valence-electron chi connectivity index (χ4n) is 3.63. The number of nitrogens with zero attached hydrogens (tertiary/aromatic N) is 4. The highest BCUT2D eigenvalue weighted by atomic mass is 16.5. The number of benzene rings is 2. The minimum absolute atomic E-state index is 0.0700. The van der Waals surface area contributed by atoms with Crippen molar-refractivity contribution in [3.8, 4) is 11.4 Å². The Morgan fingerprint density at radius 1 is 1.03 bits per heavy atom. The summed E-state index contributed by atoms with van der Waals surface area (Å²) in [5.74, 6) is 0.951. The van der Waals surface area contributed by atoms with Crippen LogP contribution in [-0.4, -0.2) is 54.2 Å². The summed E-state index contributed by atoms with van der Waals surface area (Å²) in [6.07, 6.45) is 1.69. The Hall–Kier alpha value is -3.19. The first-order valence-corrected chi connectivity index (χ1v) is 10.9. The molecule has 0 aliphatic carbocycles. The van der Waals surface area contributed by atoms with Gasteiger partial charge in [-0.05, 0) is 43.3 Å². The number of nitrogens with one attached hydrogen (secondary N) is 1. The van der Waals surface area contributed by atoms with E-state index < -0.39 is 0 Å². The first kappa shape index (κ1) is 21.1. The Balaban J connectivity index is 1.27. The maximum Gasteiger partial charge on any atom is 0.227 e. The van der Waals surface area contributed by atoms with Crippen molar-refractivity contribution >= 4 is 17.3 Å². The molecule has 1 aromatic heterocycles. The van der Waals surface area contributed by atoms with E-state index in [1.54, 1.807) is 0 Å². The molecule has 31 heavy (non-hydrogen) atoms. The molecule has 0 unspecified atom stereocenters. The fourth-order valence-corrected chi connectivity index (χ4v) is 3.63. The number of rotatable bonds is 7. The quantitative estimate of drug-likeness (QED) is 0.630. The zero-order valence-electron chi connectivity index (χ0n) is 18.2. The molecule has 162 valence electrons. The summed E-state index contributed by atoms with van der Waals surface area (Å²) in [5, 5.41) is 6.98. The van der Waals surface area contributed by atoms with E-state index in [0.717, 1.165) is 43.9 Å². The van der Waals surface area contributed by atoms with Gasteiger partial charge in [0.2, 0.25) is 17.6 Å². The predicted molar refractivity (Wildman–Crippen MR) is 122 cm³/mol. The van der Waals surface area contributed by atoms with Crippen molar-refractivity contribution in [2.24, 2.45) is 0 Å². The van der Waals surface area contributed by atoms with Crippen LogP contribution >= 0.6 is 0 Å². The van der Waals surface area contributed by atoms with Crippen LogP contribution in [0.3, 0.4) is 0 Å². The number of carbonyl (C=O) groups is 1. The van der Waals surface area contributed by atoms with Crippen molar-refractivity contribution in [1.29, 1.82) is 0 Å². The second-order valence-corrected chi connectivity index (χ2v) is 7.95. The van der Waals surface area contributed by atoms with Gasteiger partial charge in [-0.3, -0.25) is 4.79 Å². The van der Waals surface area contributed by atoms with Gasteiger partial charge in [0.15, 0.2) is 0 Å². The van der Waals surface area contributed by atoms with Gasteiger partial charge < -0.3 is 19.6 Å². The Bertz CT molecular complexity index is 990. The summed E-state index contributed by atoms with van der Waals surface area (Å²) in [4.78, 5) is 21.5. The summed E-state index contributed by atoms with van der Waals surface area (Å²) in [6, 6.07) is 16.1. The Morgan fingerprint density at radius 3 is 2.42 bits per heavy atom. The van der Waals surface area contributed by atoms with Gasteiger partial charge in [-0.15, -0.1) is 0 Å². The lowest BCUT2D eigenvalue weighted by atomic mass is 10.1. The highest BCUT2D eigenvalue weighted by molar-refractivity contribution is 5.91. The number of amides is 1. The lowest BCUT2D eigenvalue weighted by molar-refractivity contribution is -0.116. The van der Waals surface area contributed by atoms with Gasteiger partial charge in [0.25, 0.3) is 0 Å². The molecule has 1 amide bonds. The largest absolute Gasteiger partial charge is 0.369 e. The molecular formula is C24H29N5O2. The Morgan fingerprint density at radius 2 is 1.74 bits per heavy atom. The Labute approximate surface area is 183 Å². The van der Waals surface area contributed by atoms with Crippen molar-refractivity contribution in [2.75, 3.05) is 43.4 Å². The molecule has 2 aromatic carbocycles. The minimum Gasteiger partial charge on any atom is -0.369 e. The van der Waals surface area contributed by atoms with Gasteiger partial charge in [0.1, 0.15) is 0 Å². The van der Waals surface area contributed by atoms with Crippen LogP contribution in [-0.2, 0) is 17.6 Å². The minimum atomic E-state index is -0.0700. The number of carbonyl (C=O) groups excluding carboxylic acids is 1. The SMILES string of the molecule is CCc1ccc(-c2noc(CCC(=O)Nc3ccc(N4CCN(C)CC4)cc3)n2)cc1. The molecule has 3 aromatic rings. The molecule has 0 radical (unpaired) electrons. The third-order valence-electron chi connectivity index (χ3n) is 5.67. The molecule has 2 heterocycles. The highest BCUT2D eigenvalue weighted by Gasteiger charge is 2.15. The standard InChI is InChI=1S/C24H29N5O2/c1-3-18-4-6-19(7-5-18)24-26-23(31-27-24)13-12-22(30)25-20-8-10-21(11-9-20)29-16-14-28(2)15-17-29/h4-11H,3,12-17H2,1-2H3,(H,25,30). The normalized spacial score (nSPS) is 14.6. The summed E-state index contributed by atoms with van der Waals surface area (Å²) in [5.41, 5.74) is 4.17. The molecule has 4 rings (SSSR count). The molecule has 0 atom stereocenters. The number of anilines is 2. The van der Waals surface area contributed by atoms with Crippen LogP contribution < -0.4 is 10.2 Å². The summed E-state index contributed by atoms with van der Waals surface area (Å²) < 4.78 is 5.32. The van der Waals surface area contributed by atoms with E-state index in [-0.39, 0.29) is 12.3 Å². The van der Waals surface area contributed by atoms with Gasteiger partial charge in [-0.1, -0.05) is 36.3 Å². The van der Waals surface area contributed by atoms with Crippen molar-refractivity contribution in [3.05, 3.63) is 60.0 Å². The Kier molecular flexibility index (Phi) is 6.62. The molecule has 0 bridgehead atoms. The molecule has 7 heteroatoms. The second kappa shape index (κ2) is 9.75. The average Bonchev–Trinajstić information content (AvgIpc) is 3.28. The molecule has 1 fully saturated rings. The first-order chi connectivity index (χ1) is 15.1. The molecule has 7 nitrogen and oxygen atoms in total. The van der Waals surface area contributed by atoms with E-state index in [2.05, 4.69) is 63.5 Å². The van der Waals surface area contributed by atoms with Crippen LogP contribution in [0, 0.1) is 0 Å². The van der Waals surface area contributed by atoms with Crippen molar-refractivity contribution < 1.29 is 9.32 Å². The summed E-state index contributed by atoms with van der Waals surface area (Å²) in [7, 11) is 2.15. The van der Waals surface area contributed by atoms with Crippen LogP contribution in [0.2, 0.25) is 0 Å². The van der Waals surface area contributed by atoms with Crippen molar-refractivity contribution in [2.45, 2.75) is 26.2 Å². The zero-order valence-corrected chi connectivity index (χ0v) is 18.2. The van der Waals surface area contributed by atoms with E-state index in [4.69, 9.17) is 4.52 Å². The topological polar surface area (TPSA) is 74.5 Å². The van der Waals surface area contributed by atoms with E-state index in [9.17, 15) is 4.79 Å². The summed E-state index contributed by atoms with van der Waals surface area (Å²) >= 11 is 0. The fraction of sp³-hybridized carbons (Fsp3) is 0.375. The maximum absolute atomic E-state index is 12.3. The monoisotopic (exact) mass is 419 g/mol. The van der Waals surface area contributed by atoms with Crippen LogP contribution in [0.15, 0.2) is 53.1 Å². The number of hydrogen-bond acceptors (Lipinski definition) is 6. The zero-order chi connectivity index (χ0) is 21.6. The number of hydrogen-bond donors (Lipinski definition) is 1. The van der Waals surface area contributed by atoms with E-state index in [1.165, 1.54) is 11.3 Å². The highest BCUT2D eigenvalue weighted by Crippen LogP contribution is 2.20. The second-order valence-electron chi connectivity index (χ2n) is 7.95. The third kappa shape index (κ3) is 5.49. The van der Waals surface area contributed by atoms with Gasteiger partial charge in [0.05, 0.1) is 0 Å². The molecule has 0 saturated carbocycles. The number of piperazine rings is 1. The van der Waals surface area contributed by atoms with E-state index in [0.29, 0.717) is 18.1 Å². The molecule has 1 aliphatic rings. The molecule has 0 spiro atoms. The first-order valence-electron chi connectivity index (χ1n) is 10.9. The third-order valence-corrected chi connectivity index (χ3v) is 5.67. The van der Waals surface area contributed by atoms with Crippen molar-refractivity contribution in [1.82, 2.24) is 15.0 Å². The molecule has 1 saturated heterocycles. The summed E-state index contributed by atoms with van der Waals surface area (Å²) in [6.45, 7) is 6.31. The van der Waals surface area contributed by atoms with Crippen molar-refractivity contribution in [3.63, 3.8) is 0 Å². The predicted octanol–water partition coefficient (Wildman–Crippen LogP) is 3.62. The lowest BCUT2D eigenvalue weighted by Crippen LogP contribution is -2.44. The number of aryl methyl sites for hydroxylation is 2. The molecular weight excluding hydrogens is 390 g/mol. The van der Waals surface area contributed by atoms with E-state index in [1.807, 2.05) is 24.3 Å². The van der Waals surface area contributed by atoms with E-state index >= 15 is 0 Å². The smallest absolute Gasteiger partial charge is 0.227 e. The van der Waals surface area contributed by atoms with Crippen LogP contribution in [0.1, 0.15) is 24.8 Å².